The number of carbonyl (C=O) groups excluding carboxylic acids is 4. The Balaban J connectivity index is 1.65. The van der Waals surface area contributed by atoms with Crippen LogP contribution in [0.4, 0.5) is 0 Å². The van der Waals surface area contributed by atoms with Gasteiger partial charge in [0.25, 0.3) is 0 Å². The molecule has 0 saturated carbocycles. The van der Waals surface area contributed by atoms with E-state index in [1.807, 2.05) is 0 Å². The molecule has 0 N–H and O–H groups in total. The summed E-state index contributed by atoms with van der Waals surface area (Å²) in [6.07, 6.45) is -1.02. The Morgan fingerprint density at radius 1 is 0.576 bits per heavy atom. The van der Waals surface area contributed by atoms with Crippen molar-refractivity contribution in [2.45, 2.75) is 13.0 Å². The largest absolute Gasteiger partial charge is 0.458 e. The first-order chi connectivity index (χ1) is 15.9. The highest BCUT2D eigenvalue weighted by atomic mass is 16.6. The summed E-state index contributed by atoms with van der Waals surface area (Å²) >= 11 is 0. The number of ether oxygens (including phenoxy) is 3. The fourth-order valence-corrected chi connectivity index (χ4v) is 2.83. The molecule has 0 aliphatic carbocycles. The van der Waals surface area contributed by atoms with E-state index in [9.17, 15) is 19.2 Å². The fourth-order valence-electron chi connectivity index (χ4n) is 2.83. The molecule has 0 aliphatic heterocycles. The van der Waals surface area contributed by atoms with E-state index in [-0.39, 0.29) is 24.6 Å². The molecular formula is C26H22O7. The van der Waals surface area contributed by atoms with E-state index >= 15 is 0 Å². The second kappa shape index (κ2) is 11.4. The van der Waals surface area contributed by atoms with Crippen LogP contribution < -0.4 is 0 Å². The van der Waals surface area contributed by atoms with Gasteiger partial charge in [0, 0.05) is 5.56 Å². The van der Waals surface area contributed by atoms with E-state index in [0.29, 0.717) is 16.7 Å². The second-order valence-electron chi connectivity index (χ2n) is 7.09. The highest BCUT2D eigenvalue weighted by Gasteiger charge is 2.21. The first-order valence-corrected chi connectivity index (χ1v) is 10.2. The van der Waals surface area contributed by atoms with E-state index < -0.39 is 24.0 Å². The van der Waals surface area contributed by atoms with Crippen molar-refractivity contribution >= 4 is 23.7 Å². The Bertz CT molecular complexity index is 1110. The van der Waals surface area contributed by atoms with Gasteiger partial charge in [-0.25, -0.2) is 14.4 Å². The highest BCUT2D eigenvalue weighted by molar-refractivity contribution is 5.96. The zero-order valence-corrected chi connectivity index (χ0v) is 17.9. The van der Waals surface area contributed by atoms with Gasteiger partial charge in [-0.05, 0) is 43.3 Å². The van der Waals surface area contributed by atoms with Crippen LogP contribution in [0.3, 0.4) is 0 Å². The first kappa shape index (κ1) is 23.4. The van der Waals surface area contributed by atoms with Crippen molar-refractivity contribution in [3.63, 3.8) is 0 Å². The Kier molecular flexibility index (Phi) is 8.07. The maximum absolute atomic E-state index is 12.5. The third-order valence-corrected chi connectivity index (χ3v) is 4.62. The summed E-state index contributed by atoms with van der Waals surface area (Å²) < 4.78 is 16.0. The summed E-state index contributed by atoms with van der Waals surface area (Å²) in [4.78, 5) is 48.5. The van der Waals surface area contributed by atoms with Crippen LogP contribution in [0.25, 0.3) is 0 Å². The summed E-state index contributed by atoms with van der Waals surface area (Å²) in [5.74, 6) is -2.02. The predicted octanol–water partition coefficient (Wildman–Crippen LogP) is 4.13. The minimum atomic E-state index is -1.02. The average Bonchev–Trinajstić information content (AvgIpc) is 2.86. The average molecular weight is 446 g/mol. The highest BCUT2D eigenvalue weighted by Crippen LogP contribution is 2.10. The van der Waals surface area contributed by atoms with Crippen LogP contribution in [0, 0.1) is 0 Å². The molecule has 0 aromatic heterocycles. The molecular weight excluding hydrogens is 424 g/mol. The fraction of sp³-hybridized carbons (Fsp3) is 0.154. The Labute approximate surface area is 190 Å². The predicted molar refractivity (Wildman–Crippen MR) is 119 cm³/mol. The topological polar surface area (TPSA) is 96.0 Å². The number of hydrogen-bond acceptors (Lipinski definition) is 7. The van der Waals surface area contributed by atoms with Gasteiger partial charge in [0.15, 0.2) is 11.9 Å². The van der Waals surface area contributed by atoms with Crippen molar-refractivity contribution in [2.24, 2.45) is 0 Å². The van der Waals surface area contributed by atoms with Crippen LogP contribution in [0.15, 0.2) is 84.9 Å². The Morgan fingerprint density at radius 2 is 0.970 bits per heavy atom. The molecule has 0 amide bonds. The normalized spacial score (nSPS) is 11.2. The van der Waals surface area contributed by atoms with E-state index in [4.69, 9.17) is 14.2 Å². The van der Waals surface area contributed by atoms with E-state index in [1.54, 1.807) is 60.7 Å². The number of ketones is 1. The lowest BCUT2D eigenvalue weighted by Gasteiger charge is -2.18. The first-order valence-electron chi connectivity index (χ1n) is 10.2. The van der Waals surface area contributed by atoms with Gasteiger partial charge in [0.2, 0.25) is 0 Å². The van der Waals surface area contributed by atoms with Crippen LogP contribution >= 0.6 is 0 Å². The van der Waals surface area contributed by atoms with Crippen molar-refractivity contribution in [1.29, 1.82) is 0 Å². The van der Waals surface area contributed by atoms with Crippen molar-refractivity contribution in [3.05, 3.63) is 107 Å². The molecule has 1 unspecified atom stereocenters. The third-order valence-electron chi connectivity index (χ3n) is 4.62. The molecule has 3 aromatic carbocycles. The van der Waals surface area contributed by atoms with Crippen molar-refractivity contribution in [1.82, 2.24) is 0 Å². The molecule has 33 heavy (non-hydrogen) atoms. The molecule has 0 fully saturated rings. The van der Waals surface area contributed by atoms with Crippen LogP contribution in [0.2, 0.25) is 0 Å². The molecule has 3 aromatic rings. The summed E-state index contributed by atoms with van der Waals surface area (Å²) in [6, 6.07) is 22.6. The van der Waals surface area contributed by atoms with Gasteiger partial charge in [-0.15, -0.1) is 0 Å². The lowest BCUT2D eigenvalue weighted by Crippen LogP contribution is -2.31. The summed E-state index contributed by atoms with van der Waals surface area (Å²) in [5.41, 5.74) is 1.35. The lowest BCUT2D eigenvalue weighted by atomic mass is 10.1. The standard InChI is InChI=1S/C26H22O7/c1-18(27)19-12-14-22(15-13-19)25(29)32-17-23(33-26(30)21-10-6-3-7-11-21)16-31-24(28)20-8-4-2-5-9-20/h2-15,23H,16-17H2,1H3. The van der Waals surface area contributed by atoms with Gasteiger partial charge < -0.3 is 14.2 Å². The zero-order chi connectivity index (χ0) is 23.6. The molecule has 7 nitrogen and oxygen atoms in total. The molecule has 0 radical (unpaired) electrons. The number of Topliss-reactive ketones (excluding diaryl/α,β-unsaturated/α-hetero) is 1. The van der Waals surface area contributed by atoms with Crippen LogP contribution in [0.1, 0.15) is 48.4 Å². The number of esters is 3. The number of benzene rings is 3. The zero-order valence-electron chi connectivity index (χ0n) is 17.9. The van der Waals surface area contributed by atoms with Crippen LogP contribution in [-0.4, -0.2) is 43.0 Å². The lowest BCUT2D eigenvalue weighted by molar-refractivity contribution is -0.0253. The molecule has 0 bridgehead atoms. The third kappa shape index (κ3) is 6.87. The summed E-state index contributed by atoms with van der Waals surface area (Å²) in [5, 5.41) is 0. The maximum atomic E-state index is 12.5. The van der Waals surface area contributed by atoms with Crippen LogP contribution in [-0.2, 0) is 14.2 Å². The molecule has 7 heteroatoms. The molecule has 0 spiro atoms. The molecule has 3 rings (SSSR count). The van der Waals surface area contributed by atoms with Gasteiger partial charge in [-0.3, -0.25) is 4.79 Å². The van der Waals surface area contributed by atoms with Gasteiger partial charge in [0.05, 0.1) is 16.7 Å². The molecule has 0 heterocycles. The molecule has 0 saturated heterocycles. The van der Waals surface area contributed by atoms with E-state index in [1.165, 1.54) is 31.2 Å². The molecule has 1 atom stereocenters. The molecule has 168 valence electrons. The minimum Gasteiger partial charge on any atom is -0.458 e. The van der Waals surface area contributed by atoms with Crippen LogP contribution in [0.5, 0.6) is 0 Å². The Hall–Kier alpha value is -4.26. The number of hydrogen-bond donors (Lipinski definition) is 0. The second-order valence-corrected chi connectivity index (χ2v) is 7.09. The number of rotatable bonds is 9. The monoisotopic (exact) mass is 446 g/mol. The maximum Gasteiger partial charge on any atom is 0.338 e. The smallest absolute Gasteiger partial charge is 0.338 e. The van der Waals surface area contributed by atoms with E-state index in [2.05, 4.69) is 0 Å². The SMILES string of the molecule is CC(=O)c1ccc(C(=O)OCC(COC(=O)c2ccccc2)OC(=O)c2ccccc2)cc1. The van der Waals surface area contributed by atoms with Gasteiger partial charge in [-0.2, -0.15) is 0 Å². The minimum absolute atomic E-state index is 0.122. The Morgan fingerprint density at radius 3 is 1.42 bits per heavy atom. The van der Waals surface area contributed by atoms with Gasteiger partial charge in [0.1, 0.15) is 13.2 Å². The van der Waals surface area contributed by atoms with Gasteiger partial charge >= 0.3 is 17.9 Å². The van der Waals surface area contributed by atoms with Gasteiger partial charge in [-0.1, -0.05) is 48.5 Å². The summed E-state index contributed by atoms with van der Waals surface area (Å²) in [7, 11) is 0. The number of carbonyl (C=O) groups is 4. The quantitative estimate of drug-likeness (QED) is 0.277. The molecule has 0 aliphatic rings. The summed E-state index contributed by atoms with van der Waals surface area (Å²) in [6.45, 7) is 0.798. The van der Waals surface area contributed by atoms with Crippen molar-refractivity contribution in [2.75, 3.05) is 13.2 Å². The van der Waals surface area contributed by atoms with Crippen molar-refractivity contribution in [3.8, 4) is 0 Å². The van der Waals surface area contributed by atoms with E-state index in [0.717, 1.165) is 0 Å². The van der Waals surface area contributed by atoms with Crippen molar-refractivity contribution < 1.29 is 33.4 Å².